The van der Waals surface area contributed by atoms with Crippen LogP contribution in [-0.4, -0.2) is 9.97 Å². The average molecular weight is 279 g/mol. The Hall–Kier alpha value is -2.68. The molecular weight excluding hydrogens is 260 g/mol. The number of pyridine rings is 2. The Labute approximate surface area is 129 Å². The molecule has 0 N–H and O–H groups in total. The molecule has 0 atom stereocenters. The molecule has 0 amide bonds. The number of para-hydroxylation sites is 1. The van der Waals surface area contributed by atoms with Gasteiger partial charge >= 0.3 is 0 Å². The molecule has 1 aromatic carbocycles. The monoisotopic (exact) mass is 279 g/mol. The summed E-state index contributed by atoms with van der Waals surface area (Å²) in [6.07, 6.45) is -0.873. The van der Waals surface area contributed by atoms with Crippen molar-refractivity contribution in [3.05, 3.63) is 60.4 Å². The first-order valence-corrected chi connectivity index (χ1v) is 6.53. The topological polar surface area (TPSA) is 38.9 Å². The maximum absolute atomic E-state index is 7.90. The lowest BCUT2D eigenvalue weighted by Gasteiger charge is -2.00. The van der Waals surface area contributed by atoms with E-state index in [4.69, 9.17) is 11.3 Å². The van der Waals surface area contributed by atoms with Crippen molar-refractivity contribution in [1.82, 2.24) is 9.97 Å². The van der Waals surface area contributed by atoms with E-state index < -0.39 is 13.2 Å². The number of hydrogen-bond donors (Lipinski definition) is 0. The molecule has 0 saturated heterocycles. The van der Waals surface area contributed by atoms with Gasteiger partial charge in [-0.2, -0.15) is 0 Å². The molecule has 0 aliphatic rings. The number of rotatable bonds is 2. The molecule has 0 unspecified atom stereocenters. The smallest absolute Gasteiger partial charge is 0.227 e. The lowest BCUT2D eigenvalue weighted by molar-refractivity contribution is 0.652. The molecule has 102 valence electrons. The van der Waals surface area contributed by atoms with Crippen LogP contribution in [0.3, 0.4) is 0 Å². The maximum atomic E-state index is 7.90. The second-order valence-electron chi connectivity index (χ2n) is 4.67. The molecule has 21 heavy (non-hydrogen) atoms. The van der Waals surface area contributed by atoms with Gasteiger partial charge in [0.05, 0.1) is 5.69 Å². The number of fused-ring (bicyclic) bond motifs is 3. The van der Waals surface area contributed by atoms with Crippen LogP contribution in [0.2, 0.25) is 0 Å². The van der Waals surface area contributed by atoms with Crippen LogP contribution < -0.4 is 0 Å². The summed E-state index contributed by atoms with van der Waals surface area (Å²) in [5.74, 6) is 0. The largest absolute Gasteiger partial charge is 0.437 e. The Morgan fingerprint density at radius 2 is 2.10 bits per heavy atom. The van der Waals surface area contributed by atoms with Crippen molar-refractivity contribution in [3.8, 4) is 11.3 Å². The van der Waals surface area contributed by atoms with Crippen LogP contribution in [-0.2, 0) is 6.37 Å². The minimum absolute atomic E-state index is 0.177. The Morgan fingerprint density at radius 1 is 1.10 bits per heavy atom. The summed E-state index contributed by atoms with van der Waals surface area (Å²) in [7, 11) is 0. The molecule has 4 rings (SSSR count). The standard InChI is InChI=1S/C18H14N2O/c1-2-12-9-10-14-13-6-5-7-15(16-8-3-4-11-19-16)17(13)21-18(14)20-12/h3-11H,2H2,1H3/i1D3,2D2. The third-order valence-electron chi connectivity index (χ3n) is 3.43. The normalized spacial score (nSPS) is 16.1. The van der Waals surface area contributed by atoms with Crippen LogP contribution in [0.25, 0.3) is 33.3 Å². The first-order valence-electron chi connectivity index (χ1n) is 9.03. The van der Waals surface area contributed by atoms with Crippen LogP contribution in [0.5, 0.6) is 0 Å². The van der Waals surface area contributed by atoms with Crippen LogP contribution in [0, 0.1) is 0 Å². The Balaban J connectivity index is 1.95. The molecule has 0 bridgehead atoms. The number of furan rings is 1. The van der Waals surface area contributed by atoms with Gasteiger partial charge in [-0.1, -0.05) is 25.1 Å². The number of benzene rings is 1. The van der Waals surface area contributed by atoms with Crippen molar-refractivity contribution in [2.24, 2.45) is 0 Å². The summed E-state index contributed by atoms with van der Waals surface area (Å²) in [5, 5.41) is 1.51. The predicted molar refractivity (Wildman–Crippen MR) is 84.1 cm³/mol. The Kier molecular flexibility index (Phi) is 1.78. The zero-order valence-corrected chi connectivity index (χ0v) is 11.0. The van der Waals surface area contributed by atoms with E-state index in [1.165, 1.54) is 6.07 Å². The van der Waals surface area contributed by atoms with Gasteiger partial charge < -0.3 is 4.42 Å². The van der Waals surface area contributed by atoms with E-state index in [-0.39, 0.29) is 11.4 Å². The second kappa shape index (κ2) is 4.70. The van der Waals surface area contributed by atoms with Gasteiger partial charge in [-0.25, -0.2) is 4.98 Å². The first kappa shape index (κ1) is 7.93. The fourth-order valence-corrected chi connectivity index (χ4v) is 2.47. The molecule has 0 fully saturated rings. The second-order valence-corrected chi connectivity index (χ2v) is 4.67. The van der Waals surface area contributed by atoms with E-state index in [0.717, 1.165) is 16.6 Å². The summed E-state index contributed by atoms with van der Waals surface area (Å²) in [6.45, 7) is -2.82. The molecule has 0 aliphatic carbocycles. The highest BCUT2D eigenvalue weighted by molar-refractivity contribution is 6.08. The molecule has 0 aliphatic heterocycles. The number of hydrogen-bond acceptors (Lipinski definition) is 3. The molecular formula is C18H14N2O. The van der Waals surface area contributed by atoms with E-state index in [0.29, 0.717) is 11.0 Å². The highest BCUT2D eigenvalue weighted by Crippen LogP contribution is 2.34. The predicted octanol–water partition coefficient (Wildman–Crippen LogP) is 4.61. The van der Waals surface area contributed by atoms with Gasteiger partial charge in [0.1, 0.15) is 5.58 Å². The van der Waals surface area contributed by atoms with E-state index in [1.54, 1.807) is 12.3 Å². The van der Waals surface area contributed by atoms with Crippen molar-refractivity contribution in [2.75, 3.05) is 0 Å². The van der Waals surface area contributed by atoms with Gasteiger partial charge in [-0.15, -0.1) is 0 Å². The molecule has 3 nitrogen and oxygen atoms in total. The molecule has 0 saturated carbocycles. The third-order valence-corrected chi connectivity index (χ3v) is 3.43. The van der Waals surface area contributed by atoms with Gasteiger partial charge in [0.15, 0.2) is 0 Å². The van der Waals surface area contributed by atoms with Crippen LogP contribution in [0.1, 0.15) is 19.4 Å². The van der Waals surface area contributed by atoms with Gasteiger partial charge in [0.25, 0.3) is 0 Å². The SMILES string of the molecule is [2H]C([2H])([2H])C([2H])([2H])c1ccc2c(n1)oc1c(-c3ccccn3)cccc12. The van der Waals surface area contributed by atoms with Gasteiger partial charge in [-0.05, 0) is 36.7 Å². The van der Waals surface area contributed by atoms with Crippen LogP contribution in [0.15, 0.2) is 59.1 Å². The highest BCUT2D eigenvalue weighted by atomic mass is 16.3. The summed E-state index contributed by atoms with van der Waals surface area (Å²) < 4.78 is 43.9. The maximum Gasteiger partial charge on any atom is 0.227 e. The molecule has 4 aromatic rings. The van der Waals surface area contributed by atoms with E-state index in [2.05, 4.69) is 9.97 Å². The zero-order chi connectivity index (χ0) is 18.5. The van der Waals surface area contributed by atoms with Crippen molar-refractivity contribution in [3.63, 3.8) is 0 Å². The van der Waals surface area contributed by atoms with E-state index in [9.17, 15) is 0 Å². The van der Waals surface area contributed by atoms with Crippen molar-refractivity contribution in [2.45, 2.75) is 13.2 Å². The van der Waals surface area contributed by atoms with Gasteiger partial charge in [-0.3, -0.25) is 4.98 Å². The van der Waals surface area contributed by atoms with Crippen LogP contribution in [0.4, 0.5) is 0 Å². The van der Waals surface area contributed by atoms with Gasteiger partial charge in [0, 0.05) is 35.1 Å². The summed E-state index contributed by atoms with van der Waals surface area (Å²) >= 11 is 0. The molecule has 3 heterocycles. The molecule has 3 heteroatoms. The van der Waals surface area contributed by atoms with Crippen molar-refractivity contribution < 1.29 is 11.3 Å². The quantitative estimate of drug-likeness (QED) is 0.538. The van der Waals surface area contributed by atoms with Gasteiger partial charge in [0.2, 0.25) is 5.71 Å². The number of aryl methyl sites for hydroxylation is 1. The summed E-state index contributed by atoms with van der Waals surface area (Å²) in [4.78, 5) is 8.51. The minimum atomic E-state index is -2.82. The third kappa shape index (κ3) is 1.89. The highest BCUT2D eigenvalue weighted by Gasteiger charge is 2.13. The summed E-state index contributed by atoms with van der Waals surface area (Å²) in [5.41, 5.74) is 2.15. The fourth-order valence-electron chi connectivity index (χ4n) is 2.47. The fraction of sp³-hybridized carbons (Fsp3) is 0.111. The Morgan fingerprint density at radius 3 is 2.95 bits per heavy atom. The molecule has 3 aromatic heterocycles. The van der Waals surface area contributed by atoms with Crippen molar-refractivity contribution >= 4 is 22.1 Å². The Bertz CT molecular complexity index is 1100. The molecule has 0 spiro atoms. The number of nitrogens with zero attached hydrogens (tertiary/aromatic N) is 2. The average Bonchev–Trinajstić information content (AvgIpc) is 2.99. The summed E-state index contributed by atoms with van der Waals surface area (Å²) in [6, 6.07) is 14.3. The zero-order valence-electron chi connectivity index (χ0n) is 16.0. The lowest BCUT2D eigenvalue weighted by Crippen LogP contribution is -1.84. The van der Waals surface area contributed by atoms with E-state index >= 15 is 0 Å². The van der Waals surface area contributed by atoms with Crippen LogP contribution >= 0.6 is 0 Å². The lowest BCUT2D eigenvalue weighted by atomic mass is 10.1. The minimum Gasteiger partial charge on any atom is -0.437 e. The molecule has 0 radical (unpaired) electrons. The first-order chi connectivity index (χ1) is 12.3. The number of aromatic nitrogens is 2. The van der Waals surface area contributed by atoms with E-state index in [1.807, 2.05) is 36.4 Å². The van der Waals surface area contributed by atoms with Crippen molar-refractivity contribution in [1.29, 1.82) is 0 Å².